The highest BCUT2D eigenvalue weighted by Gasteiger charge is 2.72. The van der Waals surface area contributed by atoms with Crippen molar-refractivity contribution < 1.29 is 14.3 Å². The van der Waals surface area contributed by atoms with Crippen molar-refractivity contribution in [2.75, 3.05) is 13.2 Å². The van der Waals surface area contributed by atoms with Crippen LogP contribution in [-0.2, 0) is 16.0 Å². The van der Waals surface area contributed by atoms with E-state index in [1.807, 2.05) is 25.1 Å². The van der Waals surface area contributed by atoms with Gasteiger partial charge in [0.05, 0.1) is 5.41 Å². The molecule has 152 valence electrons. The molecule has 1 aromatic heterocycles. The number of hydrogen-bond donors (Lipinski definition) is 2. The van der Waals surface area contributed by atoms with Crippen LogP contribution in [0.1, 0.15) is 30.5 Å². The summed E-state index contributed by atoms with van der Waals surface area (Å²) >= 11 is 5.99. The van der Waals surface area contributed by atoms with Crippen molar-refractivity contribution >= 4 is 23.4 Å². The van der Waals surface area contributed by atoms with Crippen molar-refractivity contribution in [1.29, 1.82) is 0 Å². The third-order valence-corrected chi connectivity index (χ3v) is 6.23. The first-order chi connectivity index (χ1) is 13.9. The number of amides is 2. The van der Waals surface area contributed by atoms with E-state index < -0.39 is 0 Å². The Hall–Kier alpha value is -2.60. The van der Waals surface area contributed by atoms with Crippen LogP contribution in [0.4, 0.5) is 0 Å². The van der Waals surface area contributed by atoms with Crippen molar-refractivity contribution in [1.82, 2.24) is 15.6 Å². The van der Waals surface area contributed by atoms with Gasteiger partial charge in [0, 0.05) is 35.4 Å². The monoisotopic (exact) mass is 413 g/mol. The highest BCUT2D eigenvalue weighted by Crippen LogP contribution is 2.67. The highest BCUT2D eigenvalue weighted by atomic mass is 35.5. The zero-order valence-corrected chi connectivity index (χ0v) is 17.1. The van der Waals surface area contributed by atoms with Gasteiger partial charge in [-0.15, -0.1) is 0 Å². The highest BCUT2D eigenvalue weighted by molar-refractivity contribution is 6.31. The van der Waals surface area contributed by atoms with Crippen molar-refractivity contribution in [3.05, 3.63) is 58.9 Å². The van der Waals surface area contributed by atoms with Gasteiger partial charge in [0.2, 0.25) is 5.91 Å². The summed E-state index contributed by atoms with van der Waals surface area (Å²) in [4.78, 5) is 29.0. The lowest BCUT2D eigenvalue weighted by Gasteiger charge is -2.69. The molecule has 1 heterocycles. The summed E-state index contributed by atoms with van der Waals surface area (Å²) in [6.07, 6.45) is 4.55. The molecule has 6 nitrogen and oxygen atoms in total. The van der Waals surface area contributed by atoms with Gasteiger partial charge in [-0.3, -0.25) is 14.6 Å². The third kappa shape index (κ3) is 4.08. The van der Waals surface area contributed by atoms with Gasteiger partial charge in [0.1, 0.15) is 5.75 Å². The van der Waals surface area contributed by atoms with E-state index >= 15 is 0 Å². The number of halogens is 1. The second kappa shape index (κ2) is 7.67. The lowest BCUT2D eigenvalue weighted by atomic mass is 9.39. The molecule has 0 saturated heterocycles. The zero-order chi connectivity index (χ0) is 20.5. The maximum atomic E-state index is 12.5. The molecule has 1 aromatic carbocycles. The molecule has 2 bridgehead atoms. The summed E-state index contributed by atoms with van der Waals surface area (Å²) in [6, 6.07) is 11.1. The number of pyridine rings is 1. The average Bonchev–Trinajstić information content (AvgIpc) is 2.65. The standard InChI is InChI=1S/C22H24ClN3O3/c1-15-10-17(5-6-18(15)23)29-11-19(27)26-22-12-21(13-22,14-22)20(28)25-9-7-16-4-2-3-8-24-16/h2-6,8,10H,7,9,11-14H2,1H3,(H,25,28)(H,26,27). The Kier molecular flexibility index (Phi) is 5.21. The molecule has 0 spiro atoms. The Labute approximate surface area is 175 Å². The van der Waals surface area contributed by atoms with Crippen LogP contribution in [0, 0.1) is 12.3 Å². The Bertz CT molecular complexity index is 912. The molecule has 0 unspecified atom stereocenters. The van der Waals surface area contributed by atoms with Gasteiger partial charge in [-0.1, -0.05) is 17.7 Å². The van der Waals surface area contributed by atoms with E-state index in [4.69, 9.17) is 16.3 Å². The van der Waals surface area contributed by atoms with Gasteiger partial charge < -0.3 is 15.4 Å². The van der Waals surface area contributed by atoms with Crippen molar-refractivity contribution in [2.24, 2.45) is 5.41 Å². The molecule has 3 saturated carbocycles. The van der Waals surface area contributed by atoms with Crippen molar-refractivity contribution in [2.45, 2.75) is 38.1 Å². The first-order valence-corrected chi connectivity index (χ1v) is 10.2. The number of benzene rings is 1. The fourth-order valence-corrected chi connectivity index (χ4v) is 4.50. The Morgan fingerprint density at radius 3 is 2.69 bits per heavy atom. The molecule has 2 N–H and O–H groups in total. The van der Waals surface area contributed by atoms with Crippen LogP contribution in [0.15, 0.2) is 42.6 Å². The number of ether oxygens (including phenoxy) is 1. The summed E-state index contributed by atoms with van der Waals surface area (Å²) in [6.45, 7) is 2.41. The molecule has 5 rings (SSSR count). The van der Waals surface area contributed by atoms with Crippen LogP contribution in [-0.4, -0.2) is 35.5 Å². The van der Waals surface area contributed by atoms with Crippen molar-refractivity contribution in [3.8, 4) is 5.75 Å². The molecule has 3 aliphatic carbocycles. The fourth-order valence-electron chi connectivity index (χ4n) is 4.39. The SMILES string of the molecule is Cc1cc(OCC(=O)NC23CC(C(=O)NCCc4ccccn4)(C2)C3)ccc1Cl. The number of nitrogens with zero attached hydrogens (tertiary/aromatic N) is 1. The maximum absolute atomic E-state index is 12.5. The molecule has 7 heteroatoms. The van der Waals surface area contributed by atoms with Gasteiger partial charge in [0.15, 0.2) is 6.61 Å². The lowest BCUT2D eigenvalue weighted by molar-refractivity contribution is -0.183. The van der Waals surface area contributed by atoms with Crippen LogP contribution in [0.5, 0.6) is 5.75 Å². The van der Waals surface area contributed by atoms with Crippen LogP contribution in [0.2, 0.25) is 5.02 Å². The number of aryl methyl sites for hydroxylation is 1. The van der Waals surface area contributed by atoms with E-state index in [1.54, 1.807) is 24.4 Å². The van der Waals surface area contributed by atoms with Crippen LogP contribution in [0.3, 0.4) is 0 Å². The van der Waals surface area contributed by atoms with Crippen LogP contribution >= 0.6 is 11.6 Å². The summed E-state index contributed by atoms with van der Waals surface area (Å²) < 4.78 is 5.55. The van der Waals surface area contributed by atoms with Crippen molar-refractivity contribution in [3.63, 3.8) is 0 Å². The normalized spacial score (nSPS) is 24.1. The summed E-state index contributed by atoms with van der Waals surface area (Å²) in [7, 11) is 0. The summed E-state index contributed by atoms with van der Waals surface area (Å²) in [5, 5.41) is 6.71. The van der Waals surface area contributed by atoms with E-state index in [2.05, 4.69) is 15.6 Å². The van der Waals surface area contributed by atoms with Gasteiger partial charge in [-0.25, -0.2) is 0 Å². The van der Waals surface area contributed by atoms with E-state index in [0.717, 1.165) is 11.3 Å². The molecule has 0 radical (unpaired) electrons. The average molecular weight is 414 g/mol. The van der Waals surface area contributed by atoms with Gasteiger partial charge in [-0.05, 0) is 62.1 Å². The molecule has 0 atom stereocenters. The smallest absolute Gasteiger partial charge is 0.258 e. The maximum Gasteiger partial charge on any atom is 0.258 e. The van der Waals surface area contributed by atoms with Crippen LogP contribution in [0.25, 0.3) is 0 Å². The molecular formula is C22H24ClN3O3. The number of nitrogens with one attached hydrogen (secondary N) is 2. The fraction of sp³-hybridized carbons (Fsp3) is 0.409. The number of carbonyl (C=O) groups excluding carboxylic acids is 2. The minimum Gasteiger partial charge on any atom is -0.484 e. The second-order valence-electron chi connectivity index (χ2n) is 8.17. The molecule has 2 amide bonds. The molecular weight excluding hydrogens is 390 g/mol. The predicted octanol–water partition coefficient (Wildman–Crippen LogP) is 2.82. The third-order valence-electron chi connectivity index (χ3n) is 5.81. The van der Waals surface area contributed by atoms with Gasteiger partial charge >= 0.3 is 0 Å². The first kappa shape index (κ1) is 19.7. The largest absolute Gasteiger partial charge is 0.484 e. The quantitative estimate of drug-likeness (QED) is 0.697. The van der Waals surface area contributed by atoms with E-state index in [9.17, 15) is 9.59 Å². The predicted molar refractivity (Wildman–Crippen MR) is 110 cm³/mol. The molecule has 3 aliphatic rings. The topological polar surface area (TPSA) is 80.3 Å². The number of rotatable bonds is 8. The molecule has 3 fully saturated rings. The van der Waals surface area contributed by atoms with E-state index in [0.29, 0.717) is 43.0 Å². The minimum atomic E-state index is -0.314. The Morgan fingerprint density at radius 2 is 2.00 bits per heavy atom. The minimum absolute atomic E-state index is 0.0495. The first-order valence-electron chi connectivity index (χ1n) is 9.78. The molecule has 29 heavy (non-hydrogen) atoms. The number of hydrogen-bond acceptors (Lipinski definition) is 4. The van der Waals surface area contributed by atoms with E-state index in [-0.39, 0.29) is 29.4 Å². The number of aromatic nitrogens is 1. The van der Waals surface area contributed by atoms with Crippen LogP contribution < -0.4 is 15.4 Å². The molecule has 0 aliphatic heterocycles. The summed E-state index contributed by atoms with van der Waals surface area (Å²) in [5.74, 6) is 0.530. The molecule has 2 aromatic rings. The zero-order valence-electron chi connectivity index (χ0n) is 16.3. The summed E-state index contributed by atoms with van der Waals surface area (Å²) in [5.41, 5.74) is 1.31. The number of carbonyl (C=O) groups is 2. The lowest BCUT2D eigenvalue weighted by Crippen LogP contribution is -2.78. The van der Waals surface area contributed by atoms with Gasteiger partial charge in [0.25, 0.3) is 5.91 Å². The Morgan fingerprint density at radius 1 is 1.21 bits per heavy atom. The second-order valence-corrected chi connectivity index (χ2v) is 8.57. The van der Waals surface area contributed by atoms with E-state index in [1.165, 1.54) is 0 Å². The Balaban J connectivity index is 1.18. The van der Waals surface area contributed by atoms with Gasteiger partial charge in [-0.2, -0.15) is 0 Å².